The number of nitrogens with zero attached hydrogens (tertiary/aromatic N) is 2. The molecule has 0 unspecified atom stereocenters. The van der Waals surface area contributed by atoms with Crippen molar-refractivity contribution in [1.82, 2.24) is 14.9 Å². The maximum absolute atomic E-state index is 12.2. The molecule has 0 spiro atoms. The molecule has 7 nitrogen and oxygen atoms in total. The second-order valence-corrected chi connectivity index (χ2v) is 7.43. The fraction of sp³-hybridized carbons (Fsp3) is 0.190. The van der Waals surface area contributed by atoms with Gasteiger partial charge in [0, 0.05) is 33.9 Å². The van der Waals surface area contributed by atoms with Gasteiger partial charge in [0.05, 0.1) is 12.1 Å². The SMILES string of the molecule is CCOC(=O)c1cc2sccc2c(Nc2ccc3c(c2)cc(C)n3C(=O)NC)n1. The summed E-state index contributed by atoms with van der Waals surface area (Å²) in [5, 5.41) is 9.79. The largest absolute Gasteiger partial charge is 0.461 e. The minimum atomic E-state index is -0.445. The van der Waals surface area contributed by atoms with Gasteiger partial charge in [0.2, 0.25) is 0 Å². The molecule has 3 aromatic heterocycles. The molecule has 0 aliphatic carbocycles. The zero-order valence-corrected chi connectivity index (χ0v) is 17.1. The highest BCUT2D eigenvalue weighted by Crippen LogP contribution is 2.31. The fourth-order valence-electron chi connectivity index (χ4n) is 3.32. The van der Waals surface area contributed by atoms with Gasteiger partial charge in [0.1, 0.15) is 5.82 Å². The summed E-state index contributed by atoms with van der Waals surface area (Å²) in [6.07, 6.45) is 0. The van der Waals surface area contributed by atoms with Crippen LogP contribution < -0.4 is 10.6 Å². The number of nitrogens with one attached hydrogen (secondary N) is 2. The first-order valence-corrected chi connectivity index (χ1v) is 10.1. The third kappa shape index (κ3) is 3.42. The number of fused-ring (bicyclic) bond motifs is 2. The van der Waals surface area contributed by atoms with Gasteiger partial charge in [-0.05, 0) is 55.6 Å². The standard InChI is InChI=1S/C21H20N4O3S/c1-4-28-20(26)16-11-18-15(7-8-29-18)19(24-16)23-14-5-6-17-13(10-14)9-12(2)25(17)21(27)22-3/h5-11H,4H2,1-3H3,(H,22,27)(H,23,24). The highest BCUT2D eigenvalue weighted by molar-refractivity contribution is 7.17. The lowest BCUT2D eigenvalue weighted by Gasteiger charge is -2.10. The minimum absolute atomic E-state index is 0.179. The van der Waals surface area contributed by atoms with Gasteiger partial charge in [0.15, 0.2) is 5.69 Å². The van der Waals surface area contributed by atoms with E-state index in [4.69, 9.17) is 4.74 Å². The molecule has 0 radical (unpaired) electrons. The molecule has 0 saturated heterocycles. The zero-order chi connectivity index (χ0) is 20.5. The van der Waals surface area contributed by atoms with E-state index in [-0.39, 0.29) is 11.7 Å². The first-order valence-electron chi connectivity index (χ1n) is 9.18. The molecule has 1 aromatic carbocycles. The van der Waals surface area contributed by atoms with E-state index in [0.29, 0.717) is 12.4 Å². The number of benzene rings is 1. The van der Waals surface area contributed by atoms with Gasteiger partial charge >= 0.3 is 12.0 Å². The number of pyridine rings is 1. The number of thiophene rings is 1. The van der Waals surface area contributed by atoms with Crippen molar-refractivity contribution in [3.05, 3.63) is 53.2 Å². The van der Waals surface area contributed by atoms with E-state index < -0.39 is 5.97 Å². The summed E-state index contributed by atoms with van der Waals surface area (Å²) in [7, 11) is 1.61. The number of aryl methyl sites for hydroxylation is 1. The van der Waals surface area contributed by atoms with Crippen molar-refractivity contribution < 1.29 is 14.3 Å². The van der Waals surface area contributed by atoms with Crippen LogP contribution in [0.25, 0.3) is 21.0 Å². The van der Waals surface area contributed by atoms with Crippen molar-refractivity contribution in [3.63, 3.8) is 0 Å². The molecule has 1 amide bonds. The van der Waals surface area contributed by atoms with Gasteiger partial charge in [0.25, 0.3) is 0 Å². The number of carbonyl (C=O) groups is 2. The van der Waals surface area contributed by atoms with E-state index in [1.54, 1.807) is 24.6 Å². The molecule has 8 heteroatoms. The fourth-order valence-corrected chi connectivity index (χ4v) is 4.14. The number of esters is 1. The van der Waals surface area contributed by atoms with Gasteiger partial charge in [-0.1, -0.05) is 0 Å². The second kappa shape index (κ2) is 7.56. The first kappa shape index (κ1) is 18.9. The van der Waals surface area contributed by atoms with Crippen LogP contribution >= 0.6 is 11.3 Å². The van der Waals surface area contributed by atoms with Gasteiger partial charge in [-0.2, -0.15) is 0 Å². The van der Waals surface area contributed by atoms with Crippen LogP contribution in [-0.2, 0) is 4.74 Å². The average Bonchev–Trinajstić information content (AvgIpc) is 3.30. The third-order valence-electron chi connectivity index (χ3n) is 4.60. The lowest BCUT2D eigenvalue weighted by Crippen LogP contribution is -2.25. The molecule has 0 atom stereocenters. The molecule has 148 valence electrons. The Hall–Kier alpha value is -3.39. The van der Waals surface area contributed by atoms with Crippen LogP contribution in [0.3, 0.4) is 0 Å². The lowest BCUT2D eigenvalue weighted by molar-refractivity contribution is 0.0520. The molecule has 0 fully saturated rings. The van der Waals surface area contributed by atoms with E-state index in [1.807, 2.05) is 42.6 Å². The Morgan fingerprint density at radius 2 is 2.03 bits per heavy atom. The number of rotatable bonds is 4. The van der Waals surface area contributed by atoms with Crippen molar-refractivity contribution in [2.45, 2.75) is 13.8 Å². The number of carbonyl (C=O) groups excluding carboxylic acids is 2. The maximum atomic E-state index is 12.2. The summed E-state index contributed by atoms with van der Waals surface area (Å²) in [6, 6.07) is 11.2. The molecule has 4 rings (SSSR count). The van der Waals surface area contributed by atoms with Gasteiger partial charge < -0.3 is 15.4 Å². The van der Waals surface area contributed by atoms with Crippen LogP contribution in [0.2, 0.25) is 0 Å². The smallest absolute Gasteiger partial charge is 0.357 e. The molecule has 0 aliphatic heterocycles. The molecule has 4 aromatic rings. The van der Waals surface area contributed by atoms with E-state index in [0.717, 1.165) is 32.4 Å². The van der Waals surface area contributed by atoms with Crippen LogP contribution in [0.4, 0.5) is 16.3 Å². The van der Waals surface area contributed by atoms with Crippen molar-refractivity contribution in [2.75, 3.05) is 19.0 Å². The van der Waals surface area contributed by atoms with Crippen LogP contribution in [0, 0.1) is 6.92 Å². The van der Waals surface area contributed by atoms with E-state index in [9.17, 15) is 9.59 Å². The number of aromatic nitrogens is 2. The molecule has 0 bridgehead atoms. The monoisotopic (exact) mass is 408 g/mol. The van der Waals surface area contributed by atoms with E-state index in [2.05, 4.69) is 15.6 Å². The predicted octanol–water partition coefficient (Wildman–Crippen LogP) is 4.67. The zero-order valence-electron chi connectivity index (χ0n) is 16.3. The summed E-state index contributed by atoms with van der Waals surface area (Å²) < 4.78 is 7.69. The Morgan fingerprint density at radius 1 is 1.21 bits per heavy atom. The number of anilines is 2. The second-order valence-electron chi connectivity index (χ2n) is 6.48. The Balaban J connectivity index is 1.75. The van der Waals surface area contributed by atoms with Gasteiger partial charge in [-0.15, -0.1) is 11.3 Å². The van der Waals surface area contributed by atoms with Crippen LogP contribution in [-0.4, -0.2) is 35.2 Å². The molecule has 2 N–H and O–H groups in total. The Labute approximate surface area is 171 Å². The van der Waals surface area contributed by atoms with Crippen LogP contribution in [0.1, 0.15) is 23.1 Å². The molecule has 0 saturated carbocycles. The molecular weight excluding hydrogens is 388 g/mol. The molecular formula is C21H20N4O3S. The topological polar surface area (TPSA) is 85.2 Å². The molecule has 3 heterocycles. The van der Waals surface area contributed by atoms with Crippen molar-refractivity contribution in [2.24, 2.45) is 0 Å². The van der Waals surface area contributed by atoms with Crippen molar-refractivity contribution in [1.29, 1.82) is 0 Å². The molecule has 29 heavy (non-hydrogen) atoms. The van der Waals surface area contributed by atoms with Crippen LogP contribution in [0.15, 0.2) is 41.8 Å². The maximum Gasteiger partial charge on any atom is 0.357 e. The third-order valence-corrected chi connectivity index (χ3v) is 5.46. The summed E-state index contributed by atoms with van der Waals surface area (Å²) in [6.45, 7) is 3.95. The quantitative estimate of drug-likeness (QED) is 0.480. The average molecular weight is 408 g/mol. The van der Waals surface area contributed by atoms with Crippen LogP contribution in [0.5, 0.6) is 0 Å². The Morgan fingerprint density at radius 3 is 2.79 bits per heavy atom. The first-order chi connectivity index (χ1) is 14.0. The van der Waals surface area contributed by atoms with Gasteiger partial charge in [-0.3, -0.25) is 4.57 Å². The van der Waals surface area contributed by atoms with Gasteiger partial charge in [-0.25, -0.2) is 14.6 Å². The van der Waals surface area contributed by atoms with E-state index >= 15 is 0 Å². The number of hydrogen-bond donors (Lipinski definition) is 2. The summed E-state index contributed by atoms with van der Waals surface area (Å²) in [5.41, 5.74) is 2.75. The lowest BCUT2D eigenvalue weighted by atomic mass is 10.2. The highest BCUT2D eigenvalue weighted by Gasteiger charge is 2.15. The summed E-state index contributed by atoms with van der Waals surface area (Å²) >= 11 is 1.54. The minimum Gasteiger partial charge on any atom is -0.461 e. The van der Waals surface area contributed by atoms with Crippen molar-refractivity contribution >= 4 is 55.8 Å². The Kier molecular flexibility index (Phi) is 4.94. The number of amides is 1. The Bertz CT molecular complexity index is 1240. The van der Waals surface area contributed by atoms with Crippen molar-refractivity contribution in [3.8, 4) is 0 Å². The number of hydrogen-bond acceptors (Lipinski definition) is 6. The number of ether oxygens (including phenoxy) is 1. The predicted molar refractivity (Wildman–Crippen MR) is 115 cm³/mol. The van der Waals surface area contributed by atoms with E-state index in [1.165, 1.54) is 11.3 Å². The summed E-state index contributed by atoms with van der Waals surface area (Å²) in [4.78, 5) is 28.8. The molecule has 0 aliphatic rings. The normalized spacial score (nSPS) is 11.0. The highest BCUT2D eigenvalue weighted by atomic mass is 32.1. The summed E-state index contributed by atoms with van der Waals surface area (Å²) in [5.74, 6) is 0.146.